The smallest absolute Gasteiger partial charge is 0.269 e. The van der Waals surface area contributed by atoms with Crippen molar-refractivity contribution in [3.8, 4) is 0 Å². The summed E-state index contributed by atoms with van der Waals surface area (Å²) in [4.78, 5) is 23.0. The summed E-state index contributed by atoms with van der Waals surface area (Å²) >= 11 is 1.37. The van der Waals surface area contributed by atoms with Crippen LogP contribution in [-0.2, 0) is 4.79 Å². The maximum atomic E-state index is 12.0. The Morgan fingerprint density at radius 2 is 1.95 bits per heavy atom. The lowest BCUT2D eigenvalue weighted by atomic mass is 9.98. The van der Waals surface area contributed by atoms with Crippen LogP contribution in [0.25, 0.3) is 0 Å². The molecule has 1 aliphatic carbocycles. The normalized spacial score (nSPS) is 16.6. The van der Waals surface area contributed by atoms with E-state index in [2.05, 4.69) is 5.32 Å². The minimum Gasteiger partial charge on any atom is -0.349 e. The molecule has 0 saturated heterocycles. The van der Waals surface area contributed by atoms with Gasteiger partial charge in [-0.15, -0.1) is 11.8 Å². The number of carbonyl (C=O) groups is 1. The Morgan fingerprint density at radius 1 is 1.33 bits per heavy atom. The van der Waals surface area contributed by atoms with E-state index in [1.54, 1.807) is 12.1 Å². The zero-order valence-corrected chi connectivity index (χ0v) is 12.5. The number of nitro benzene ring substituents is 1. The molecule has 0 radical (unpaired) electrons. The Bertz CT molecular complexity index is 513. The summed E-state index contributed by atoms with van der Waals surface area (Å²) in [7, 11) is 0. The Kier molecular flexibility index (Phi) is 5.19. The van der Waals surface area contributed by atoms with Gasteiger partial charge >= 0.3 is 0 Å². The van der Waals surface area contributed by atoms with Crippen LogP contribution in [0.3, 0.4) is 0 Å². The van der Waals surface area contributed by atoms with Gasteiger partial charge in [-0.05, 0) is 25.0 Å². The highest BCUT2D eigenvalue weighted by molar-refractivity contribution is 8.00. The molecule has 0 heterocycles. The molecule has 1 fully saturated rings. The quantitative estimate of drug-likeness (QED) is 0.476. The molecule has 6 nitrogen and oxygen atoms in total. The van der Waals surface area contributed by atoms with Crippen LogP contribution in [0.2, 0.25) is 0 Å². The summed E-state index contributed by atoms with van der Waals surface area (Å²) in [6.45, 7) is 0.473. The molecule has 0 bridgehead atoms. The van der Waals surface area contributed by atoms with Crippen LogP contribution in [0.15, 0.2) is 29.2 Å². The molecule has 1 aromatic rings. The van der Waals surface area contributed by atoms with Crippen molar-refractivity contribution >= 4 is 23.4 Å². The highest BCUT2D eigenvalue weighted by Crippen LogP contribution is 2.29. The molecule has 1 aromatic carbocycles. The van der Waals surface area contributed by atoms with Crippen LogP contribution in [-0.4, -0.2) is 28.7 Å². The summed E-state index contributed by atoms with van der Waals surface area (Å²) in [6.07, 6.45) is 4.09. The van der Waals surface area contributed by atoms with E-state index in [-0.39, 0.29) is 17.1 Å². The SMILES string of the molecule is NCC1(NC(=O)CSc2ccc([N+](=O)[O-])cc2)CCCC1. The number of nitro groups is 1. The minimum absolute atomic E-state index is 0.0364. The Hall–Kier alpha value is -1.60. The van der Waals surface area contributed by atoms with Crippen LogP contribution in [0.5, 0.6) is 0 Å². The van der Waals surface area contributed by atoms with E-state index in [0.717, 1.165) is 30.6 Å². The molecule has 1 aliphatic rings. The first-order valence-corrected chi connectivity index (χ1v) is 7.92. The van der Waals surface area contributed by atoms with Crippen LogP contribution in [0, 0.1) is 10.1 Å². The molecule has 7 heteroatoms. The first kappa shape index (κ1) is 15.8. The van der Waals surface area contributed by atoms with Crippen molar-refractivity contribution in [2.24, 2.45) is 5.73 Å². The fourth-order valence-corrected chi connectivity index (χ4v) is 3.28. The molecule has 1 saturated carbocycles. The first-order chi connectivity index (χ1) is 10.0. The van der Waals surface area contributed by atoms with E-state index in [1.165, 1.54) is 23.9 Å². The second-order valence-corrected chi connectivity index (χ2v) is 6.33. The average molecular weight is 309 g/mol. The summed E-state index contributed by atoms with van der Waals surface area (Å²) in [5, 5.41) is 13.6. The molecule has 1 amide bonds. The maximum Gasteiger partial charge on any atom is 0.269 e. The van der Waals surface area contributed by atoms with E-state index < -0.39 is 4.92 Å². The molecule has 2 rings (SSSR count). The van der Waals surface area contributed by atoms with E-state index >= 15 is 0 Å². The van der Waals surface area contributed by atoms with Crippen LogP contribution in [0.4, 0.5) is 5.69 Å². The monoisotopic (exact) mass is 309 g/mol. The highest BCUT2D eigenvalue weighted by atomic mass is 32.2. The molecule has 0 spiro atoms. The number of benzene rings is 1. The van der Waals surface area contributed by atoms with E-state index in [9.17, 15) is 14.9 Å². The maximum absolute atomic E-state index is 12.0. The van der Waals surface area contributed by atoms with Gasteiger partial charge in [0, 0.05) is 23.6 Å². The van der Waals surface area contributed by atoms with Crippen LogP contribution < -0.4 is 11.1 Å². The minimum atomic E-state index is -0.438. The number of non-ortho nitro benzene ring substituents is 1. The van der Waals surface area contributed by atoms with Crippen molar-refractivity contribution < 1.29 is 9.72 Å². The van der Waals surface area contributed by atoms with Gasteiger partial charge in [0.05, 0.1) is 16.2 Å². The van der Waals surface area contributed by atoms with Crippen molar-refractivity contribution in [2.75, 3.05) is 12.3 Å². The largest absolute Gasteiger partial charge is 0.349 e. The number of nitrogens with two attached hydrogens (primary N) is 1. The van der Waals surface area contributed by atoms with Gasteiger partial charge in [0.2, 0.25) is 5.91 Å². The number of rotatable bonds is 6. The number of amides is 1. The van der Waals surface area contributed by atoms with Crippen molar-refractivity contribution in [3.63, 3.8) is 0 Å². The molecule has 0 aliphatic heterocycles. The topological polar surface area (TPSA) is 98.3 Å². The summed E-state index contributed by atoms with van der Waals surface area (Å²) in [6, 6.07) is 6.20. The Balaban J connectivity index is 1.84. The predicted molar refractivity (Wildman–Crippen MR) is 82.2 cm³/mol. The third-order valence-electron chi connectivity index (χ3n) is 3.77. The van der Waals surface area contributed by atoms with Gasteiger partial charge in [0.15, 0.2) is 0 Å². The molecule has 21 heavy (non-hydrogen) atoms. The van der Waals surface area contributed by atoms with E-state index in [0.29, 0.717) is 12.3 Å². The lowest BCUT2D eigenvalue weighted by Gasteiger charge is -2.28. The van der Waals surface area contributed by atoms with Crippen molar-refractivity contribution in [1.29, 1.82) is 0 Å². The zero-order chi connectivity index (χ0) is 15.3. The molecule has 3 N–H and O–H groups in total. The second-order valence-electron chi connectivity index (χ2n) is 5.28. The lowest BCUT2D eigenvalue weighted by Crippen LogP contribution is -2.52. The standard InChI is InChI=1S/C14H19N3O3S/c15-10-14(7-1-2-8-14)16-13(18)9-21-12-5-3-11(4-6-12)17(19)20/h3-6H,1-2,7-10,15H2,(H,16,18). The third kappa shape index (κ3) is 4.18. The lowest BCUT2D eigenvalue weighted by molar-refractivity contribution is -0.384. The molecular formula is C14H19N3O3S. The van der Waals surface area contributed by atoms with Gasteiger partial charge in [-0.1, -0.05) is 12.8 Å². The van der Waals surface area contributed by atoms with E-state index in [1.807, 2.05) is 0 Å². The zero-order valence-electron chi connectivity index (χ0n) is 11.7. The molecule has 114 valence electrons. The summed E-state index contributed by atoms with van der Waals surface area (Å²) in [5.41, 5.74) is 5.61. The van der Waals surface area contributed by atoms with Gasteiger partial charge in [-0.2, -0.15) is 0 Å². The number of hydrogen-bond acceptors (Lipinski definition) is 5. The molecule has 0 unspecified atom stereocenters. The van der Waals surface area contributed by atoms with Crippen LogP contribution in [0.1, 0.15) is 25.7 Å². The Labute approximate surface area is 127 Å². The number of carbonyl (C=O) groups excluding carboxylic acids is 1. The summed E-state index contributed by atoms with van der Waals surface area (Å²) in [5.74, 6) is 0.255. The van der Waals surface area contributed by atoms with Gasteiger partial charge in [0.25, 0.3) is 5.69 Å². The van der Waals surface area contributed by atoms with Gasteiger partial charge in [0.1, 0.15) is 0 Å². The fourth-order valence-electron chi connectivity index (χ4n) is 2.58. The number of hydrogen-bond donors (Lipinski definition) is 2. The fraction of sp³-hybridized carbons (Fsp3) is 0.500. The highest BCUT2D eigenvalue weighted by Gasteiger charge is 2.33. The third-order valence-corrected chi connectivity index (χ3v) is 4.79. The van der Waals surface area contributed by atoms with Crippen molar-refractivity contribution in [1.82, 2.24) is 5.32 Å². The number of nitrogens with zero attached hydrogens (tertiary/aromatic N) is 1. The van der Waals surface area contributed by atoms with Crippen molar-refractivity contribution in [2.45, 2.75) is 36.1 Å². The van der Waals surface area contributed by atoms with Crippen LogP contribution >= 0.6 is 11.8 Å². The number of nitrogens with one attached hydrogen (secondary N) is 1. The average Bonchev–Trinajstić information content (AvgIpc) is 2.94. The summed E-state index contributed by atoms with van der Waals surface area (Å²) < 4.78 is 0. The van der Waals surface area contributed by atoms with Crippen molar-refractivity contribution in [3.05, 3.63) is 34.4 Å². The molecule has 0 atom stereocenters. The van der Waals surface area contributed by atoms with E-state index in [4.69, 9.17) is 5.73 Å². The number of thioether (sulfide) groups is 1. The predicted octanol–water partition coefficient (Wildman–Crippen LogP) is 2.07. The molecule has 0 aromatic heterocycles. The molecular weight excluding hydrogens is 290 g/mol. The van der Waals surface area contributed by atoms with Gasteiger partial charge < -0.3 is 11.1 Å². The Morgan fingerprint density at radius 3 is 2.48 bits per heavy atom. The van der Waals surface area contributed by atoms with Gasteiger partial charge in [-0.3, -0.25) is 14.9 Å². The van der Waals surface area contributed by atoms with Gasteiger partial charge in [-0.25, -0.2) is 0 Å². The first-order valence-electron chi connectivity index (χ1n) is 6.93. The second kappa shape index (κ2) is 6.91.